The van der Waals surface area contributed by atoms with Crippen LogP contribution in [0.15, 0.2) is 164 Å². The summed E-state index contributed by atoms with van der Waals surface area (Å²) < 4.78 is 8.85. The van der Waals surface area contributed by atoms with Gasteiger partial charge in [0.1, 0.15) is 11.5 Å². The topological polar surface area (TPSA) is 22.9 Å². The molecule has 2 heterocycles. The molecule has 0 fully saturated rings. The molecule has 49 heavy (non-hydrogen) atoms. The molecule has 0 saturated heterocycles. The van der Waals surface area contributed by atoms with E-state index in [0.717, 1.165) is 61.2 Å². The maximum atomic E-state index is 7.72. The molecule has 0 atom stereocenters. The van der Waals surface area contributed by atoms with Gasteiger partial charge in [0.25, 0.3) is 0 Å². The highest BCUT2D eigenvalue weighted by Gasteiger charge is 2.45. The summed E-state index contributed by atoms with van der Waals surface area (Å²) in [4.78, 5) is 7.32. The molecule has 0 bridgehead atoms. The summed E-state index contributed by atoms with van der Waals surface area (Å²) in [5, 5.41) is 2.07. The Morgan fingerprint density at radius 3 is 1.71 bits per heavy atom. The molecule has 4 nitrogen and oxygen atoms in total. The SMILES string of the molecule is [C-]#[N+]c1ccc(-n2c3ccc([N+]#[C-])cc3c3cc(-c4ccc5c(c4)C(c4ccccc4)(c4ccccc4)c4ccccc4O5)ccc32)cc1. The van der Waals surface area contributed by atoms with E-state index in [1.54, 1.807) is 0 Å². The lowest BCUT2D eigenvalue weighted by atomic mass is 9.63. The van der Waals surface area contributed by atoms with Gasteiger partial charge < -0.3 is 9.30 Å². The maximum absolute atomic E-state index is 7.72. The number of hydrogen-bond donors (Lipinski definition) is 0. The highest BCUT2D eigenvalue weighted by atomic mass is 16.5. The van der Waals surface area contributed by atoms with Crippen LogP contribution in [0.4, 0.5) is 11.4 Å². The fourth-order valence-electron chi connectivity index (χ4n) is 7.60. The van der Waals surface area contributed by atoms with Gasteiger partial charge in [-0.2, -0.15) is 0 Å². The normalized spacial score (nSPS) is 12.8. The molecule has 4 heteroatoms. The summed E-state index contributed by atoms with van der Waals surface area (Å²) in [5.74, 6) is 1.68. The van der Waals surface area contributed by atoms with Crippen LogP contribution in [-0.4, -0.2) is 4.57 Å². The van der Waals surface area contributed by atoms with Crippen LogP contribution >= 0.6 is 0 Å². The molecular formula is C45H27N3O. The van der Waals surface area contributed by atoms with Crippen LogP contribution in [0.1, 0.15) is 22.3 Å². The van der Waals surface area contributed by atoms with E-state index in [4.69, 9.17) is 17.9 Å². The summed E-state index contributed by atoms with van der Waals surface area (Å²) in [7, 11) is 0. The largest absolute Gasteiger partial charge is 0.457 e. The Morgan fingerprint density at radius 1 is 0.469 bits per heavy atom. The predicted molar refractivity (Wildman–Crippen MR) is 197 cm³/mol. The van der Waals surface area contributed by atoms with Crippen molar-refractivity contribution >= 4 is 33.2 Å². The summed E-state index contributed by atoms with van der Waals surface area (Å²) in [5.41, 5.74) is 10.3. The minimum absolute atomic E-state index is 0.598. The van der Waals surface area contributed by atoms with Crippen molar-refractivity contribution in [2.75, 3.05) is 0 Å². The number of nitrogens with zero attached hydrogens (tertiary/aromatic N) is 3. The van der Waals surface area contributed by atoms with Gasteiger partial charge in [-0.05, 0) is 82.2 Å². The van der Waals surface area contributed by atoms with Crippen LogP contribution < -0.4 is 4.74 Å². The minimum atomic E-state index is -0.606. The molecule has 7 aromatic carbocycles. The number of hydrogen-bond acceptors (Lipinski definition) is 1. The van der Waals surface area contributed by atoms with Crippen LogP contribution in [0, 0.1) is 13.1 Å². The van der Waals surface area contributed by atoms with Crippen LogP contribution in [-0.2, 0) is 5.41 Å². The maximum Gasteiger partial charge on any atom is 0.188 e. The standard InChI is InChI=1S/C45H27N3O/c1-46-34-19-22-36(23-20-34)48-41-24-17-30(27-37(41)38-29-35(47-2)21-25-42(38)48)31-18-26-44-40(28-31)45(32-11-5-3-6-12-32,33-13-7-4-8-14-33)39-15-9-10-16-43(39)49-44/h3-29H. The molecule has 0 aliphatic carbocycles. The van der Waals surface area contributed by atoms with Crippen molar-refractivity contribution in [3.8, 4) is 28.3 Å². The van der Waals surface area contributed by atoms with E-state index in [0.29, 0.717) is 11.4 Å². The molecule has 0 N–H and O–H groups in total. The Labute approximate surface area is 284 Å². The van der Waals surface area contributed by atoms with Crippen molar-refractivity contribution in [1.82, 2.24) is 4.57 Å². The van der Waals surface area contributed by atoms with Gasteiger partial charge in [0.05, 0.1) is 29.6 Å². The molecule has 0 unspecified atom stereocenters. The molecule has 0 amide bonds. The van der Waals surface area contributed by atoms with E-state index in [2.05, 4.69) is 130 Å². The van der Waals surface area contributed by atoms with Gasteiger partial charge in [-0.3, -0.25) is 0 Å². The predicted octanol–water partition coefficient (Wildman–Crippen LogP) is 12.0. The average Bonchev–Trinajstić information content (AvgIpc) is 3.50. The summed E-state index contributed by atoms with van der Waals surface area (Å²) in [6, 6.07) is 56.4. The van der Waals surface area contributed by atoms with E-state index < -0.39 is 5.41 Å². The zero-order valence-electron chi connectivity index (χ0n) is 26.3. The van der Waals surface area contributed by atoms with Crippen molar-refractivity contribution in [2.24, 2.45) is 0 Å². The lowest BCUT2D eigenvalue weighted by Gasteiger charge is -2.41. The van der Waals surface area contributed by atoms with Gasteiger partial charge in [-0.15, -0.1) is 0 Å². The smallest absolute Gasteiger partial charge is 0.188 e. The molecule has 8 aromatic rings. The fraction of sp³-hybridized carbons (Fsp3) is 0.0222. The van der Waals surface area contributed by atoms with Gasteiger partial charge in [0.15, 0.2) is 11.4 Å². The zero-order valence-corrected chi connectivity index (χ0v) is 26.3. The first-order valence-corrected chi connectivity index (χ1v) is 16.2. The molecular weight excluding hydrogens is 599 g/mol. The van der Waals surface area contributed by atoms with Crippen LogP contribution in [0.2, 0.25) is 0 Å². The Bertz CT molecular complexity index is 2600. The van der Waals surface area contributed by atoms with Gasteiger partial charge in [-0.25, -0.2) is 9.69 Å². The zero-order chi connectivity index (χ0) is 33.0. The van der Waals surface area contributed by atoms with E-state index in [-0.39, 0.29) is 0 Å². The van der Waals surface area contributed by atoms with Crippen molar-refractivity contribution in [2.45, 2.75) is 5.41 Å². The number of aromatic nitrogens is 1. The third kappa shape index (κ3) is 4.29. The second-order valence-corrected chi connectivity index (χ2v) is 12.3. The van der Waals surface area contributed by atoms with Crippen LogP contribution in [0.3, 0.4) is 0 Å². The molecule has 1 aromatic heterocycles. The minimum Gasteiger partial charge on any atom is -0.457 e. The Hall–Kier alpha value is -6.88. The first kappa shape index (κ1) is 28.4. The average molecular weight is 626 g/mol. The molecule has 1 aliphatic rings. The van der Waals surface area contributed by atoms with Crippen LogP contribution in [0.5, 0.6) is 11.5 Å². The first-order chi connectivity index (χ1) is 24.2. The first-order valence-electron chi connectivity index (χ1n) is 16.2. The van der Waals surface area contributed by atoms with E-state index in [1.807, 2.05) is 48.5 Å². The van der Waals surface area contributed by atoms with Gasteiger partial charge in [0.2, 0.25) is 0 Å². The second kappa shape index (κ2) is 11.1. The molecule has 228 valence electrons. The molecule has 9 rings (SSSR count). The Kier molecular flexibility index (Phi) is 6.44. The highest BCUT2D eigenvalue weighted by Crippen LogP contribution is 2.56. The monoisotopic (exact) mass is 625 g/mol. The van der Waals surface area contributed by atoms with Crippen molar-refractivity contribution < 1.29 is 4.74 Å². The van der Waals surface area contributed by atoms with Gasteiger partial charge in [-0.1, -0.05) is 109 Å². The second-order valence-electron chi connectivity index (χ2n) is 12.3. The van der Waals surface area contributed by atoms with E-state index in [9.17, 15) is 0 Å². The molecule has 0 radical (unpaired) electrons. The van der Waals surface area contributed by atoms with E-state index in [1.165, 1.54) is 11.1 Å². The molecule has 0 saturated carbocycles. The van der Waals surface area contributed by atoms with Gasteiger partial charge >= 0.3 is 0 Å². The fourth-order valence-corrected chi connectivity index (χ4v) is 7.60. The number of ether oxygens (including phenoxy) is 1. The summed E-state index contributed by atoms with van der Waals surface area (Å²) in [6.45, 7) is 15.1. The van der Waals surface area contributed by atoms with Gasteiger partial charge in [0, 0.05) is 22.2 Å². The lowest BCUT2D eigenvalue weighted by molar-refractivity contribution is 0.434. The molecule has 0 spiro atoms. The number of rotatable bonds is 4. The number of para-hydroxylation sites is 1. The summed E-state index contributed by atoms with van der Waals surface area (Å²) in [6.07, 6.45) is 0. The Balaban J connectivity index is 1.30. The number of benzene rings is 7. The van der Waals surface area contributed by atoms with E-state index >= 15 is 0 Å². The van der Waals surface area contributed by atoms with Crippen molar-refractivity contribution in [3.05, 3.63) is 209 Å². The van der Waals surface area contributed by atoms with Crippen molar-refractivity contribution in [1.29, 1.82) is 0 Å². The Morgan fingerprint density at radius 2 is 1.02 bits per heavy atom. The molecule has 1 aliphatic heterocycles. The van der Waals surface area contributed by atoms with Crippen LogP contribution in [0.25, 0.3) is 48.3 Å². The summed E-state index contributed by atoms with van der Waals surface area (Å²) >= 11 is 0. The third-order valence-corrected chi connectivity index (χ3v) is 9.76. The number of fused-ring (bicyclic) bond motifs is 5. The third-order valence-electron chi connectivity index (χ3n) is 9.76. The van der Waals surface area contributed by atoms with Crippen molar-refractivity contribution in [3.63, 3.8) is 0 Å². The lowest BCUT2D eigenvalue weighted by Crippen LogP contribution is -2.34. The highest BCUT2D eigenvalue weighted by molar-refractivity contribution is 6.11. The quantitative estimate of drug-likeness (QED) is 0.178.